The molecule has 0 spiro atoms. The van der Waals surface area contributed by atoms with Gasteiger partial charge in [0.25, 0.3) is 5.91 Å². The summed E-state index contributed by atoms with van der Waals surface area (Å²) in [7, 11) is 0. The molecule has 8 heteroatoms. The fourth-order valence-electron chi connectivity index (χ4n) is 2.11. The summed E-state index contributed by atoms with van der Waals surface area (Å²) >= 11 is 0. The lowest BCUT2D eigenvalue weighted by molar-refractivity contribution is -0.385. The number of alkyl halides is 1. The van der Waals surface area contributed by atoms with Crippen LogP contribution in [0, 0.1) is 10.1 Å². The van der Waals surface area contributed by atoms with Crippen molar-refractivity contribution in [1.29, 1.82) is 0 Å². The number of nitrogens with zero attached hydrogens (tertiary/aromatic N) is 2. The highest BCUT2D eigenvalue weighted by Crippen LogP contribution is 2.34. The van der Waals surface area contributed by atoms with E-state index in [4.69, 9.17) is 0 Å². The molecule has 2 N–H and O–H groups in total. The third-order valence-corrected chi connectivity index (χ3v) is 3.42. The SMILES string of the molecule is CC(C)(O)C(F)CN1Cc2cc([N+](=O)[O-])c(O)cc2C1=O. The Hall–Kier alpha value is -2.22. The van der Waals surface area contributed by atoms with Crippen LogP contribution in [0.3, 0.4) is 0 Å². The van der Waals surface area contributed by atoms with Crippen molar-refractivity contribution in [1.82, 2.24) is 4.90 Å². The molecular formula is C13H15FN2O5. The summed E-state index contributed by atoms with van der Waals surface area (Å²) in [4.78, 5) is 23.2. The van der Waals surface area contributed by atoms with E-state index < -0.39 is 34.0 Å². The Morgan fingerprint density at radius 3 is 2.67 bits per heavy atom. The number of nitro benzene ring substituents is 1. The molecule has 2 rings (SSSR count). The monoisotopic (exact) mass is 298 g/mol. The molecule has 1 aliphatic rings. The van der Waals surface area contributed by atoms with Gasteiger partial charge in [0.2, 0.25) is 0 Å². The maximum absolute atomic E-state index is 13.8. The number of nitro groups is 1. The predicted octanol–water partition coefficient (Wildman–Crippen LogP) is 1.37. The van der Waals surface area contributed by atoms with Gasteiger partial charge in [-0.3, -0.25) is 14.9 Å². The second-order valence-corrected chi connectivity index (χ2v) is 5.56. The van der Waals surface area contributed by atoms with Crippen LogP contribution in [0.25, 0.3) is 0 Å². The molecule has 1 atom stereocenters. The number of aromatic hydroxyl groups is 1. The molecule has 1 amide bonds. The standard InChI is InChI=1S/C13H15FN2O5/c1-13(2,19)11(14)6-15-5-7-3-9(16(20)21)10(17)4-8(7)12(15)18/h3-4,11,17,19H,5-6H2,1-2H3. The Morgan fingerprint density at radius 1 is 1.52 bits per heavy atom. The van der Waals surface area contributed by atoms with Crippen molar-refractivity contribution in [3.63, 3.8) is 0 Å². The van der Waals surface area contributed by atoms with E-state index in [2.05, 4.69) is 0 Å². The fraction of sp³-hybridized carbons (Fsp3) is 0.462. The van der Waals surface area contributed by atoms with Crippen LogP contribution in [0.15, 0.2) is 12.1 Å². The minimum Gasteiger partial charge on any atom is -0.502 e. The minimum absolute atomic E-state index is 0.00574. The molecule has 0 saturated carbocycles. The van der Waals surface area contributed by atoms with Crippen molar-refractivity contribution in [2.24, 2.45) is 0 Å². The lowest BCUT2D eigenvalue weighted by atomic mass is 10.0. The van der Waals surface area contributed by atoms with Crippen LogP contribution in [0.2, 0.25) is 0 Å². The molecule has 1 heterocycles. The molecule has 21 heavy (non-hydrogen) atoms. The van der Waals surface area contributed by atoms with Gasteiger partial charge in [-0.2, -0.15) is 0 Å². The molecule has 1 aliphatic heterocycles. The first-order chi connectivity index (χ1) is 9.61. The van der Waals surface area contributed by atoms with E-state index in [1.165, 1.54) is 13.8 Å². The smallest absolute Gasteiger partial charge is 0.311 e. The molecule has 1 unspecified atom stereocenters. The second-order valence-electron chi connectivity index (χ2n) is 5.56. The van der Waals surface area contributed by atoms with Crippen LogP contribution in [-0.2, 0) is 6.54 Å². The molecule has 0 bridgehead atoms. The number of carbonyl (C=O) groups is 1. The molecular weight excluding hydrogens is 283 g/mol. The van der Waals surface area contributed by atoms with E-state index in [-0.39, 0.29) is 18.7 Å². The van der Waals surface area contributed by atoms with E-state index in [1.807, 2.05) is 0 Å². The topological polar surface area (TPSA) is 104 Å². The summed E-state index contributed by atoms with van der Waals surface area (Å²) in [5.74, 6) is -1.13. The van der Waals surface area contributed by atoms with Crippen molar-refractivity contribution in [3.8, 4) is 5.75 Å². The van der Waals surface area contributed by atoms with Gasteiger partial charge in [-0.05, 0) is 19.4 Å². The molecule has 0 radical (unpaired) electrons. The number of hydrogen-bond donors (Lipinski definition) is 2. The zero-order valence-electron chi connectivity index (χ0n) is 11.5. The first-order valence-electron chi connectivity index (χ1n) is 6.27. The summed E-state index contributed by atoms with van der Waals surface area (Å²) in [6.07, 6.45) is -1.65. The molecule has 0 aromatic heterocycles. The van der Waals surface area contributed by atoms with E-state index in [1.54, 1.807) is 0 Å². The average molecular weight is 298 g/mol. The van der Waals surface area contributed by atoms with Gasteiger partial charge in [0.15, 0.2) is 5.75 Å². The van der Waals surface area contributed by atoms with Crippen molar-refractivity contribution in [2.45, 2.75) is 32.2 Å². The highest BCUT2D eigenvalue weighted by molar-refractivity contribution is 5.99. The number of fused-ring (bicyclic) bond motifs is 1. The zero-order valence-corrected chi connectivity index (χ0v) is 11.5. The number of amides is 1. The molecule has 7 nitrogen and oxygen atoms in total. The lowest BCUT2D eigenvalue weighted by Gasteiger charge is -2.26. The van der Waals surface area contributed by atoms with E-state index in [0.29, 0.717) is 5.56 Å². The van der Waals surface area contributed by atoms with Gasteiger partial charge in [0.1, 0.15) is 6.17 Å². The van der Waals surface area contributed by atoms with E-state index in [0.717, 1.165) is 17.0 Å². The Balaban J connectivity index is 2.26. The number of phenolic OH excluding ortho intramolecular Hbond substituents is 1. The summed E-state index contributed by atoms with van der Waals surface area (Å²) in [5.41, 5.74) is -1.63. The van der Waals surface area contributed by atoms with Gasteiger partial charge in [-0.25, -0.2) is 4.39 Å². The van der Waals surface area contributed by atoms with Crippen molar-refractivity contribution >= 4 is 11.6 Å². The molecule has 114 valence electrons. The molecule has 0 saturated heterocycles. The van der Waals surface area contributed by atoms with Crippen LogP contribution in [0.1, 0.15) is 29.8 Å². The largest absolute Gasteiger partial charge is 0.502 e. The normalized spacial score (nSPS) is 16.0. The number of benzene rings is 1. The van der Waals surface area contributed by atoms with Crippen LogP contribution >= 0.6 is 0 Å². The van der Waals surface area contributed by atoms with Gasteiger partial charge < -0.3 is 15.1 Å². The van der Waals surface area contributed by atoms with Crippen LogP contribution in [-0.4, -0.2) is 44.3 Å². The molecule has 1 aromatic carbocycles. The Bertz CT molecular complexity index is 611. The Kier molecular flexibility index (Phi) is 3.58. The van der Waals surface area contributed by atoms with Crippen LogP contribution < -0.4 is 0 Å². The maximum Gasteiger partial charge on any atom is 0.311 e. The molecule has 0 fully saturated rings. The quantitative estimate of drug-likeness (QED) is 0.645. The molecule has 0 aliphatic carbocycles. The number of rotatable bonds is 4. The third kappa shape index (κ3) is 2.80. The third-order valence-electron chi connectivity index (χ3n) is 3.42. The van der Waals surface area contributed by atoms with Gasteiger partial charge in [-0.15, -0.1) is 0 Å². The van der Waals surface area contributed by atoms with Gasteiger partial charge in [-0.1, -0.05) is 0 Å². The fourth-order valence-corrected chi connectivity index (χ4v) is 2.11. The van der Waals surface area contributed by atoms with Crippen LogP contribution in [0.4, 0.5) is 10.1 Å². The highest BCUT2D eigenvalue weighted by atomic mass is 19.1. The van der Waals surface area contributed by atoms with E-state index in [9.17, 15) is 29.5 Å². The van der Waals surface area contributed by atoms with Crippen molar-refractivity contribution in [2.75, 3.05) is 6.54 Å². The summed E-state index contributed by atoms with van der Waals surface area (Å²) in [5, 5.41) is 29.9. The number of carbonyl (C=O) groups excluding carboxylic acids is 1. The average Bonchev–Trinajstić information content (AvgIpc) is 2.64. The summed E-state index contributed by atoms with van der Waals surface area (Å²) in [6.45, 7) is 2.27. The van der Waals surface area contributed by atoms with Crippen LogP contribution in [0.5, 0.6) is 5.75 Å². The first kappa shape index (κ1) is 15.2. The molecule has 1 aromatic rings. The summed E-state index contributed by atoms with van der Waals surface area (Å²) in [6, 6.07) is 2.13. The highest BCUT2D eigenvalue weighted by Gasteiger charge is 2.36. The number of phenols is 1. The van der Waals surface area contributed by atoms with Gasteiger partial charge >= 0.3 is 5.69 Å². The van der Waals surface area contributed by atoms with Gasteiger partial charge in [0.05, 0.1) is 17.1 Å². The second kappa shape index (κ2) is 4.96. The number of hydrogen-bond acceptors (Lipinski definition) is 5. The number of aliphatic hydroxyl groups is 1. The Labute approximate surface area is 119 Å². The Morgan fingerprint density at radius 2 is 2.14 bits per heavy atom. The van der Waals surface area contributed by atoms with Crippen molar-refractivity contribution < 1.29 is 24.3 Å². The first-order valence-corrected chi connectivity index (χ1v) is 6.27. The van der Waals surface area contributed by atoms with Gasteiger partial charge in [0, 0.05) is 24.2 Å². The zero-order chi connectivity index (χ0) is 15.9. The lowest BCUT2D eigenvalue weighted by Crippen LogP contribution is -2.42. The van der Waals surface area contributed by atoms with E-state index >= 15 is 0 Å². The predicted molar refractivity (Wildman–Crippen MR) is 70.7 cm³/mol. The maximum atomic E-state index is 13.8. The summed E-state index contributed by atoms with van der Waals surface area (Å²) < 4.78 is 13.8. The van der Waals surface area contributed by atoms with Crippen molar-refractivity contribution in [3.05, 3.63) is 33.4 Å². The minimum atomic E-state index is -1.65. The number of halogens is 1.